The highest BCUT2D eigenvalue weighted by Crippen LogP contribution is 2.36. The largest absolute Gasteiger partial charge is 0.357 e. The molecule has 1 unspecified atom stereocenters. The Morgan fingerprint density at radius 3 is 2.80 bits per heavy atom. The second-order valence-electron chi connectivity index (χ2n) is 4.70. The molecule has 0 amide bonds. The highest BCUT2D eigenvalue weighted by molar-refractivity contribution is 5.14. The maximum Gasteiger partial charge on any atom is 0.150 e. The van der Waals surface area contributed by atoms with Crippen LogP contribution in [-0.2, 0) is 4.74 Å². The summed E-state index contributed by atoms with van der Waals surface area (Å²) in [6, 6.07) is 0. The second kappa shape index (κ2) is 3.97. The molecule has 1 aliphatic heterocycles. The van der Waals surface area contributed by atoms with Gasteiger partial charge < -0.3 is 4.74 Å². The molecule has 0 spiro atoms. The quantitative estimate of drug-likeness (QED) is 0.744. The fourth-order valence-electron chi connectivity index (χ4n) is 2.39. The van der Waals surface area contributed by atoms with Crippen molar-refractivity contribution in [2.45, 2.75) is 50.7 Å². The van der Waals surface area contributed by atoms with E-state index in [1.807, 2.05) is 10.9 Å². The summed E-state index contributed by atoms with van der Waals surface area (Å²) in [4.78, 5) is 0. The smallest absolute Gasteiger partial charge is 0.150 e. The van der Waals surface area contributed by atoms with Gasteiger partial charge in [0.05, 0.1) is 6.20 Å². The van der Waals surface area contributed by atoms with Gasteiger partial charge in [0.1, 0.15) is 6.23 Å². The summed E-state index contributed by atoms with van der Waals surface area (Å²) in [6.07, 6.45) is 12.1. The lowest BCUT2D eigenvalue weighted by Gasteiger charge is -2.25. The Balaban J connectivity index is 1.71. The van der Waals surface area contributed by atoms with E-state index in [0.717, 1.165) is 18.9 Å². The molecule has 2 fully saturated rings. The summed E-state index contributed by atoms with van der Waals surface area (Å²) in [6.45, 7) is 0.892. The molecule has 1 saturated carbocycles. The molecule has 3 rings (SSSR count). The molecule has 2 heterocycles. The van der Waals surface area contributed by atoms with Crippen molar-refractivity contribution in [2.24, 2.45) is 0 Å². The fourth-order valence-corrected chi connectivity index (χ4v) is 2.39. The van der Waals surface area contributed by atoms with E-state index >= 15 is 0 Å². The summed E-state index contributed by atoms with van der Waals surface area (Å²) < 4.78 is 7.73. The Bertz CT molecular complexity index is 324. The normalized spacial score (nSPS) is 27.6. The van der Waals surface area contributed by atoms with Gasteiger partial charge in [-0.25, -0.2) is 4.68 Å². The van der Waals surface area contributed by atoms with E-state index in [2.05, 4.69) is 11.3 Å². The van der Waals surface area contributed by atoms with Gasteiger partial charge in [0, 0.05) is 12.8 Å². The van der Waals surface area contributed by atoms with Crippen LogP contribution in [0.25, 0.3) is 0 Å². The van der Waals surface area contributed by atoms with Gasteiger partial charge in [0.2, 0.25) is 0 Å². The first-order chi connectivity index (χ1) is 7.43. The lowest BCUT2D eigenvalue weighted by molar-refractivity contribution is -0.0395. The van der Waals surface area contributed by atoms with Gasteiger partial charge in [-0.3, -0.25) is 0 Å². The van der Waals surface area contributed by atoms with Gasteiger partial charge in [0.25, 0.3) is 0 Å². The third kappa shape index (κ3) is 1.81. The number of ether oxygens (including phenoxy) is 1. The third-order valence-corrected chi connectivity index (χ3v) is 3.65. The average Bonchev–Trinajstić information content (AvgIpc) is 2.66. The predicted octanol–water partition coefficient (Wildman–Crippen LogP) is 2.85. The van der Waals surface area contributed by atoms with Crippen molar-refractivity contribution in [3.8, 4) is 0 Å². The zero-order valence-corrected chi connectivity index (χ0v) is 9.06. The van der Waals surface area contributed by atoms with Crippen LogP contribution in [0.1, 0.15) is 56.2 Å². The van der Waals surface area contributed by atoms with Gasteiger partial charge in [-0.2, -0.15) is 5.10 Å². The molecule has 2 aliphatic rings. The van der Waals surface area contributed by atoms with Crippen LogP contribution < -0.4 is 0 Å². The highest BCUT2D eigenvalue weighted by atomic mass is 16.5. The van der Waals surface area contributed by atoms with Gasteiger partial charge >= 0.3 is 0 Å². The Hall–Kier alpha value is -0.830. The summed E-state index contributed by atoms with van der Waals surface area (Å²) in [5.41, 5.74) is 1.41. The molecule has 0 bridgehead atoms. The molecule has 1 aliphatic carbocycles. The Kier molecular flexibility index (Phi) is 2.49. The molecule has 1 atom stereocenters. The minimum Gasteiger partial charge on any atom is -0.357 e. The number of hydrogen-bond donors (Lipinski definition) is 0. The van der Waals surface area contributed by atoms with Crippen molar-refractivity contribution in [3.63, 3.8) is 0 Å². The Morgan fingerprint density at radius 1 is 1.20 bits per heavy atom. The van der Waals surface area contributed by atoms with E-state index in [1.54, 1.807) is 0 Å². The van der Waals surface area contributed by atoms with Crippen LogP contribution in [0.5, 0.6) is 0 Å². The van der Waals surface area contributed by atoms with E-state index < -0.39 is 0 Å². The molecule has 0 radical (unpaired) electrons. The van der Waals surface area contributed by atoms with Crippen LogP contribution in [-0.4, -0.2) is 16.4 Å². The van der Waals surface area contributed by atoms with Crippen LogP contribution in [0.4, 0.5) is 0 Å². The van der Waals surface area contributed by atoms with Crippen molar-refractivity contribution < 1.29 is 4.74 Å². The maximum absolute atomic E-state index is 5.71. The molecule has 1 aromatic heterocycles. The van der Waals surface area contributed by atoms with Gasteiger partial charge in [-0.15, -0.1) is 0 Å². The van der Waals surface area contributed by atoms with Crippen LogP contribution in [0, 0.1) is 0 Å². The lowest BCUT2D eigenvalue weighted by Crippen LogP contribution is -2.18. The maximum atomic E-state index is 5.71. The summed E-state index contributed by atoms with van der Waals surface area (Å²) >= 11 is 0. The molecule has 3 nitrogen and oxygen atoms in total. The first-order valence-corrected chi connectivity index (χ1v) is 6.09. The van der Waals surface area contributed by atoms with E-state index in [1.165, 1.54) is 37.7 Å². The number of hydrogen-bond acceptors (Lipinski definition) is 2. The Labute approximate surface area is 90.4 Å². The standard InChI is InChI=1S/C12H18N2O/c1-2-7-15-12(6-1)14-9-11(8-13-14)10-4-3-5-10/h8-10,12H,1-7H2. The molecule has 0 aromatic carbocycles. The monoisotopic (exact) mass is 206 g/mol. The Morgan fingerprint density at radius 2 is 2.13 bits per heavy atom. The topological polar surface area (TPSA) is 27.1 Å². The summed E-state index contributed by atoms with van der Waals surface area (Å²) in [7, 11) is 0. The van der Waals surface area contributed by atoms with Crippen molar-refractivity contribution >= 4 is 0 Å². The van der Waals surface area contributed by atoms with E-state index in [4.69, 9.17) is 4.74 Å². The van der Waals surface area contributed by atoms with Crippen LogP contribution in [0.15, 0.2) is 12.4 Å². The van der Waals surface area contributed by atoms with E-state index in [9.17, 15) is 0 Å². The summed E-state index contributed by atoms with van der Waals surface area (Å²) in [5.74, 6) is 0.780. The molecule has 0 N–H and O–H groups in total. The molecule has 15 heavy (non-hydrogen) atoms. The first kappa shape index (κ1) is 9.40. The molecular formula is C12H18N2O. The average molecular weight is 206 g/mol. The predicted molar refractivity (Wildman–Crippen MR) is 57.7 cm³/mol. The first-order valence-electron chi connectivity index (χ1n) is 6.09. The number of aromatic nitrogens is 2. The van der Waals surface area contributed by atoms with Gasteiger partial charge in [-0.05, 0) is 43.6 Å². The number of rotatable bonds is 2. The van der Waals surface area contributed by atoms with Gasteiger partial charge in [-0.1, -0.05) is 6.42 Å². The molecule has 1 aromatic rings. The van der Waals surface area contributed by atoms with E-state index in [0.29, 0.717) is 0 Å². The van der Waals surface area contributed by atoms with Gasteiger partial charge in [0.15, 0.2) is 0 Å². The van der Waals surface area contributed by atoms with Crippen LogP contribution >= 0.6 is 0 Å². The summed E-state index contributed by atoms with van der Waals surface area (Å²) in [5, 5.41) is 4.43. The fraction of sp³-hybridized carbons (Fsp3) is 0.750. The SMILES string of the molecule is c1nn(C2CCCCO2)cc1C1CCC1. The third-order valence-electron chi connectivity index (χ3n) is 3.65. The van der Waals surface area contributed by atoms with Crippen molar-refractivity contribution in [3.05, 3.63) is 18.0 Å². The minimum atomic E-state index is 0.201. The second-order valence-corrected chi connectivity index (χ2v) is 4.70. The van der Waals surface area contributed by atoms with E-state index in [-0.39, 0.29) is 6.23 Å². The minimum absolute atomic E-state index is 0.201. The molecule has 1 saturated heterocycles. The number of nitrogens with zero attached hydrogens (tertiary/aromatic N) is 2. The zero-order chi connectivity index (χ0) is 10.1. The van der Waals surface area contributed by atoms with Crippen molar-refractivity contribution in [1.29, 1.82) is 0 Å². The highest BCUT2D eigenvalue weighted by Gasteiger charge is 2.23. The molecule has 82 valence electrons. The van der Waals surface area contributed by atoms with Crippen LogP contribution in [0.3, 0.4) is 0 Å². The molecule has 3 heteroatoms. The van der Waals surface area contributed by atoms with Crippen molar-refractivity contribution in [1.82, 2.24) is 9.78 Å². The zero-order valence-electron chi connectivity index (χ0n) is 9.06. The van der Waals surface area contributed by atoms with Crippen LogP contribution in [0.2, 0.25) is 0 Å². The molecular weight excluding hydrogens is 188 g/mol. The lowest BCUT2D eigenvalue weighted by atomic mass is 9.81. The van der Waals surface area contributed by atoms with Crippen molar-refractivity contribution in [2.75, 3.05) is 6.61 Å².